The summed E-state index contributed by atoms with van der Waals surface area (Å²) < 4.78 is 11.0. The van der Waals surface area contributed by atoms with Crippen molar-refractivity contribution in [2.45, 2.75) is 13.5 Å². The molecule has 0 aliphatic rings. The standard InChI is InChI=1S/C24H22ClN3O6/c1-3-26-23(29)16-6-4-5-15(11-16)14-27-24(30)17-7-9-21(22(12-17)33-2)34-20-10-8-18(25)13-19(20)28(31)32/h4-13H,3,14H2,1-2H3,(H,26,29)(H,27,30). The van der Waals surface area contributed by atoms with Crippen LogP contribution < -0.4 is 20.1 Å². The lowest BCUT2D eigenvalue weighted by atomic mass is 10.1. The minimum absolute atomic E-state index is 0.0168. The number of carbonyl (C=O) groups is 2. The molecule has 9 nitrogen and oxygen atoms in total. The molecule has 3 rings (SSSR count). The first-order chi connectivity index (χ1) is 16.3. The lowest BCUT2D eigenvalue weighted by molar-refractivity contribution is -0.385. The van der Waals surface area contributed by atoms with Crippen molar-refractivity contribution >= 4 is 29.1 Å². The molecule has 0 aliphatic heterocycles. The number of nitro benzene ring substituents is 1. The van der Waals surface area contributed by atoms with Crippen LogP contribution in [0.5, 0.6) is 17.2 Å². The fraction of sp³-hybridized carbons (Fsp3) is 0.167. The van der Waals surface area contributed by atoms with Gasteiger partial charge in [0.25, 0.3) is 11.8 Å². The van der Waals surface area contributed by atoms with Crippen LogP contribution in [0.2, 0.25) is 5.02 Å². The SMILES string of the molecule is CCNC(=O)c1cccc(CNC(=O)c2ccc(Oc3ccc(Cl)cc3[N+](=O)[O-])c(OC)c2)c1. The molecule has 0 spiro atoms. The Morgan fingerprint density at radius 3 is 2.35 bits per heavy atom. The molecule has 0 aliphatic carbocycles. The zero-order chi connectivity index (χ0) is 24.7. The molecule has 0 fully saturated rings. The Labute approximate surface area is 200 Å². The molecule has 0 aromatic heterocycles. The second kappa shape index (κ2) is 11.2. The van der Waals surface area contributed by atoms with Gasteiger partial charge >= 0.3 is 5.69 Å². The first kappa shape index (κ1) is 24.5. The summed E-state index contributed by atoms with van der Waals surface area (Å²) >= 11 is 5.84. The van der Waals surface area contributed by atoms with E-state index in [0.29, 0.717) is 17.7 Å². The third-order valence-electron chi connectivity index (χ3n) is 4.74. The van der Waals surface area contributed by atoms with E-state index >= 15 is 0 Å². The smallest absolute Gasteiger partial charge is 0.313 e. The van der Waals surface area contributed by atoms with E-state index in [9.17, 15) is 19.7 Å². The van der Waals surface area contributed by atoms with Gasteiger partial charge in [-0.25, -0.2) is 0 Å². The highest BCUT2D eigenvalue weighted by Gasteiger charge is 2.19. The van der Waals surface area contributed by atoms with Gasteiger partial charge in [-0.15, -0.1) is 0 Å². The van der Waals surface area contributed by atoms with Crippen molar-refractivity contribution in [3.8, 4) is 17.2 Å². The number of hydrogen-bond acceptors (Lipinski definition) is 6. The average molecular weight is 484 g/mol. The van der Waals surface area contributed by atoms with E-state index in [2.05, 4.69) is 10.6 Å². The summed E-state index contributed by atoms with van der Waals surface area (Å²) in [6, 6.07) is 15.5. The van der Waals surface area contributed by atoms with E-state index in [1.54, 1.807) is 24.3 Å². The molecular formula is C24H22ClN3O6. The van der Waals surface area contributed by atoms with Gasteiger partial charge in [0.15, 0.2) is 11.5 Å². The topological polar surface area (TPSA) is 120 Å². The second-order valence-corrected chi connectivity index (χ2v) is 7.52. The fourth-order valence-corrected chi connectivity index (χ4v) is 3.27. The summed E-state index contributed by atoms with van der Waals surface area (Å²) in [6.07, 6.45) is 0. The summed E-state index contributed by atoms with van der Waals surface area (Å²) in [7, 11) is 1.40. The summed E-state index contributed by atoms with van der Waals surface area (Å²) in [6.45, 7) is 2.57. The Hall–Kier alpha value is -4.11. The number of nitrogens with zero attached hydrogens (tertiary/aromatic N) is 1. The Kier molecular flexibility index (Phi) is 8.05. The Morgan fingerprint density at radius 2 is 1.65 bits per heavy atom. The zero-order valence-electron chi connectivity index (χ0n) is 18.5. The highest BCUT2D eigenvalue weighted by atomic mass is 35.5. The van der Waals surface area contributed by atoms with Crippen molar-refractivity contribution in [2.24, 2.45) is 0 Å². The largest absolute Gasteiger partial charge is 0.493 e. The predicted octanol–water partition coefficient (Wildman–Crippen LogP) is 4.73. The molecule has 0 unspecified atom stereocenters. The van der Waals surface area contributed by atoms with E-state index in [4.69, 9.17) is 21.1 Å². The molecule has 0 saturated carbocycles. The van der Waals surface area contributed by atoms with Gasteiger partial charge in [-0.2, -0.15) is 0 Å². The number of nitro groups is 1. The second-order valence-electron chi connectivity index (χ2n) is 7.08. The van der Waals surface area contributed by atoms with Gasteiger partial charge in [0.2, 0.25) is 5.75 Å². The number of halogens is 1. The number of amides is 2. The molecule has 2 N–H and O–H groups in total. The van der Waals surface area contributed by atoms with E-state index in [0.717, 1.165) is 5.56 Å². The maximum atomic E-state index is 12.7. The number of hydrogen-bond donors (Lipinski definition) is 2. The van der Waals surface area contributed by atoms with Crippen LogP contribution in [0.3, 0.4) is 0 Å². The van der Waals surface area contributed by atoms with Crippen molar-refractivity contribution in [1.82, 2.24) is 10.6 Å². The lowest BCUT2D eigenvalue weighted by Gasteiger charge is -2.13. The zero-order valence-corrected chi connectivity index (χ0v) is 19.2. The monoisotopic (exact) mass is 483 g/mol. The van der Waals surface area contributed by atoms with E-state index in [-0.39, 0.29) is 46.3 Å². The number of benzene rings is 3. The molecule has 34 heavy (non-hydrogen) atoms. The van der Waals surface area contributed by atoms with Crippen LogP contribution in [0.15, 0.2) is 60.7 Å². The minimum atomic E-state index is -0.601. The highest BCUT2D eigenvalue weighted by Crippen LogP contribution is 2.37. The van der Waals surface area contributed by atoms with Crippen molar-refractivity contribution in [1.29, 1.82) is 0 Å². The van der Waals surface area contributed by atoms with Crippen molar-refractivity contribution in [3.05, 3.63) is 92.5 Å². The third kappa shape index (κ3) is 6.02. The summed E-state index contributed by atoms with van der Waals surface area (Å²) in [5.74, 6) is -0.159. The molecule has 0 heterocycles. The van der Waals surface area contributed by atoms with Crippen molar-refractivity contribution < 1.29 is 24.0 Å². The van der Waals surface area contributed by atoms with E-state index in [1.165, 1.54) is 43.5 Å². The first-order valence-electron chi connectivity index (χ1n) is 10.3. The molecule has 0 atom stereocenters. The number of nitrogens with one attached hydrogen (secondary N) is 2. The molecule has 0 bridgehead atoms. The Balaban J connectivity index is 1.73. The first-order valence-corrected chi connectivity index (χ1v) is 10.6. The van der Waals surface area contributed by atoms with Crippen molar-refractivity contribution in [3.63, 3.8) is 0 Å². The number of rotatable bonds is 9. The Morgan fingerprint density at radius 1 is 0.941 bits per heavy atom. The van der Waals surface area contributed by atoms with Crippen LogP contribution in [-0.4, -0.2) is 30.4 Å². The fourth-order valence-electron chi connectivity index (χ4n) is 3.10. The van der Waals surface area contributed by atoms with Gasteiger partial charge in [0, 0.05) is 35.3 Å². The van der Waals surface area contributed by atoms with Crippen LogP contribution in [0.25, 0.3) is 0 Å². The molecule has 176 valence electrons. The Bertz CT molecular complexity index is 1230. The maximum Gasteiger partial charge on any atom is 0.313 e. The average Bonchev–Trinajstić information content (AvgIpc) is 2.84. The van der Waals surface area contributed by atoms with Crippen LogP contribution >= 0.6 is 11.6 Å². The molecule has 3 aromatic carbocycles. The van der Waals surface area contributed by atoms with E-state index < -0.39 is 4.92 Å². The van der Waals surface area contributed by atoms with Gasteiger partial charge in [0.05, 0.1) is 12.0 Å². The molecular weight excluding hydrogens is 462 g/mol. The maximum absolute atomic E-state index is 12.7. The van der Waals surface area contributed by atoms with Gasteiger partial charge in [-0.1, -0.05) is 23.7 Å². The van der Waals surface area contributed by atoms with Gasteiger partial charge in [-0.05, 0) is 55.0 Å². The highest BCUT2D eigenvalue weighted by molar-refractivity contribution is 6.30. The molecule has 3 aromatic rings. The summed E-state index contributed by atoms with van der Waals surface area (Å²) in [4.78, 5) is 35.4. The van der Waals surface area contributed by atoms with Crippen LogP contribution in [0.1, 0.15) is 33.2 Å². The van der Waals surface area contributed by atoms with Gasteiger partial charge in [0.1, 0.15) is 0 Å². The third-order valence-corrected chi connectivity index (χ3v) is 4.98. The van der Waals surface area contributed by atoms with E-state index in [1.807, 2.05) is 6.92 Å². The quantitative estimate of drug-likeness (QED) is 0.335. The number of ether oxygens (including phenoxy) is 2. The molecule has 0 saturated heterocycles. The lowest BCUT2D eigenvalue weighted by Crippen LogP contribution is -2.24. The normalized spacial score (nSPS) is 10.3. The van der Waals surface area contributed by atoms with Gasteiger partial charge in [-0.3, -0.25) is 19.7 Å². The van der Waals surface area contributed by atoms with Crippen LogP contribution in [0, 0.1) is 10.1 Å². The minimum Gasteiger partial charge on any atom is -0.493 e. The van der Waals surface area contributed by atoms with Crippen LogP contribution in [0.4, 0.5) is 5.69 Å². The van der Waals surface area contributed by atoms with Crippen molar-refractivity contribution in [2.75, 3.05) is 13.7 Å². The van der Waals surface area contributed by atoms with Crippen LogP contribution in [-0.2, 0) is 6.54 Å². The molecule has 0 radical (unpaired) electrons. The summed E-state index contributed by atoms with van der Waals surface area (Å²) in [5.41, 5.74) is 1.27. The number of methoxy groups -OCH3 is 1. The van der Waals surface area contributed by atoms with Gasteiger partial charge < -0.3 is 20.1 Å². The number of carbonyl (C=O) groups excluding carboxylic acids is 2. The molecule has 10 heteroatoms. The molecule has 2 amide bonds. The predicted molar refractivity (Wildman–Crippen MR) is 127 cm³/mol. The summed E-state index contributed by atoms with van der Waals surface area (Å²) in [5, 5.41) is 17.0.